The maximum Gasteiger partial charge on any atom is 0.0348 e. The van der Waals surface area contributed by atoms with E-state index >= 15 is 0 Å². The van der Waals surface area contributed by atoms with E-state index in [1.54, 1.807) is 0 Å². The van der Waals surface area contributed by atoms with Gasteiger partial charge in [-0.05, 0) is 61.8 Å². The van der Waals surface area contributed by atoms with Crippen LogP contribution in [-0.2, 0) is 0 Å². The molecule has 0 radical (unpaired) electrons. The fourth-order valence-corrected chi connectivity index (χ4v) is 2.68. The number of hydrogen-bond donors (Lipinski definition) is 1. The minimum absolute atomic E-state index is 0.534. The Morgan fingerprint density at radius 2 is 1.94 bits per heavy atom. The van der Waals surface area contributed by atoms with Crippen molar-refractivity contribution >= 4 is 0 Å². The van der Waals surface area contributed by atoms with Crippen LogP contribution in [0.15, 0.2) is 18.2 Å². The highest BCUT2D eigenvalue weighted by atomic mass is 14.9. The van der Waals surface area contributed by atoms with Gasteiger partial charge in [-0.15, -0.1) is 0 Å². The third kappa shape index (κ3) is 2.90. The molecule has 0 saturated heterocycles. The standard InChI is InChI=1S/C16H25N/c1-5-17-16(13(4)14-8-9-14)15-7-6-11(2)12(3)10-15/h6-7,10,13-14,16-17H,5,8-9H2,1-4H3. The average molecular weight is 231 g/mol. The number of benzene rings is 1. The van der Waals surface area contributed by atoms with Crippen LogP contribution in [0, 0.1) is 25.7 Å². The molecule has 1 saturated carbocycles. The molecule has 1 aliphatic rings. The van der Waals surface area contributed by atoms with Crippen LogP contribution in [0.5, 0.6) is 0 Å². The van der Waals surface area contributed by atoms with Crippen LogP contribution in [0.1, 0.15) is 49.4 Å². The molecule has 0 aromatic heterocycles. The highest BCUT2D eigenvalue weighted by Gasteiger charge is 2.33. The SMILES string of the molecule is CCNC(c1ccc(C)c(C)c1)C(C)C1CC1. The summed E-state index contributed by atoms with van der Waals surface area (Å²) in [5.41, 5.74) is 4.27. The van der Waals surface area contributed by atoms with Crippen molar-refractivity contribution in [3.63, 3.8) is 0 Å². The summed E-state index contributed by atoms with van der Waals surface area (Å²) in [7, 11) is 0. The summed E-state index contributed by atoms with van der Waals surface area (Å²) in [5, 5.41) is 3.67. The van der Waals surface area contributed by atoms with Crippen LogP contribution in [0.3, 0.4) is 0 Å². The van der Waals surface area contributed by atoms with Gasteiger partial charge in [0.15, 0.2) is 0 Å². The van der Waals surface area contributed by atoms with Gasteiger partial charge in [-0.2, -0.15) is 0 Å². The Bertz CT molecular complexity index is 379. The number of rotatable bonds is 5. The van der Waals surface area contributed by atoms with Crippen molar-refractivity contribution in [3.05, 3.63) is 34.9 Å². The fraction of sp³-hybridized carbons (Fsp3) is 0.625. The summed E-state index contributed by atoms with van der Waals surface area (Å²) in [4.78, 5) is 0. The lowest BCUT2D eigenvalue weighted by Crippen LogP contribution is -2.28. The van der Waals surface area contributed by atoms with Crippen molar-refractivity contribution in [2.45, 2.75) is 46.6 Å². The molecule has 2 unspecified atom stereocenters. The Kier molecular flexibility index (Phi) is 3.88. The molecule has 0 heterocycles. The highest BCUT2D eigenvalue weighted by molar-refractivity contribution is 5.32. The predicted octanol–water partition coefficient (Wildman–Crippen LogP) is 4.00. The van der Waals surface area contributed by atoms with Crippen molar-refractivity contribution in [2.75, 3.05) is 6.54 Å². The molecule has 1 N–H and O–H groups in total. The van der Waals surface area contributed by atoms with E-state index in [-0.39, 0.29) is 0 Å². The Morgan fingerprint density at radius 1 is 1.24 bits per heavy atom. The van der Waals surface area contributed by atoms with Gasteiger partial charge in [0, 0.05) is 6.04 Å². The third-order valence-electron chi connectivity index (χ3n) is 4.21. The molecule has 1 aliphatic carbocycles. The molecule has 1 nitrogen and oxygen atoms in total. The second-order valence-electron chi connectivity index (χ2n) is 5.58. The first-order chi connectivity index (χ1) is 8.13. The first kappa shape index (κ1) is 12.6. The molecule has 0 bridgehead atoms. The molecule has 94 valence electrons. The quantitative estimate of drug-likeness (QED) is 0.807. The zero-order valence-corrected chi connectivity index (χ0v) is 11.6. The maximum absolute atomic E-state index is 3.67. The zero-order valence-electron chi connectivity index (χ0n) is 11.6. The molecule has 1 fully saturated rings. The maximum atomic E-state index is 3.67. The van der Waals surface area contributed by atoms with E-state index in [2.05, 4.69) is 51.2 Å². The van der Waals surface area contributed by atoms with Gasteiger partial charge in [-0.3, -0.25) is 0 Å². The van der Waals surface area contributed by atoms with Crippen molar-refractivity contribution in [2.24, 2.45) is 11.8 Å². The van der Waals surface area contributed by atoms with Gasteiger partial charge < -0.3 is 5.32 Å². The first-order valence-corrected chi connectivity index (χ1v) is 6.94. The molecule has 0 spiro atoms. The van der Waals surface area contributed by atoms with E-state index < -0.39 is 0 Å². The average Bonchev–Trinajstić information content (AvgIpc) is 3.13. The molecule has 1 aromatic rings. The zero-order chi connectivity index (χ0) is 12.4. The van der Waals surface area contributed by atoms with E-state index in [0.717, 1.165) is 18.4 Å². The third-order valence-corrected chi connectivity index (χ3v) is 4.21. The first-order valence-electron chi connectivity index (χ1n) is 6.94. The van der Waals surface area contributed by atoms with Gasteiger partial charge >= 0.3 is 0 Å². The van der Waals surface area contributed by atoms with E-state index in [4.69, 9.17) is 0 Å². The number of hydrogen-bond acceptors (Lipinski definition) is 1. The van der Waals surface area contributed by atoms with Gasteiger partial charge in [0.1, 0.15) is 0 Å². The lowest BCUT2D eigenvalue weighted by molar-refractivity contribution is 0.355. The summed E-state index contributed by atoms with van der Waals surface area (Å²) >= 11 is 0. The molecule has 2 rings (SSSR count). The van der Waals surface area contributed by atoms with Gasteiger partial charge in [0.25, 0.3) is 0 Å². The molecule has 1 aromatic carbocycles. The van der Waals surface area contributed by atoms with Crippen LogP contribution in [-0.4, -0.2) is 6.54 Å². The lowest BCUT2D eigenvalue weighted by atomic mass is 9.89. The molecular formula is C16H25N. The Hall–Kier alpha value is -0.820. The van der Waals surface area contributed by atoms with Crippen LogP contribution >= 0.6 is 0 Å². The smallest absolute Gasteiger partial charge is 0.0348 e. The van der Waals surface area contributed by atoms with E-state index in [1.807, 2.05) is 0 Å². The van der Waals surface area contributed by atoms with Crippen LogP contribution in [0.2, 0.25) is 0 Å². The van der Waals surface area contributed by atoms with Crippen molar-refractivity contribution < 1.29 is 0 Å². The van der Waals surface area contributed by atoms with E-state index in [0.29, 0.717) is 6.04 Å². The summed E-state index contributed by atoms with van der Waals surface area (Å²) in [5.74, 6) is 1.71. The number of aryl methyl sites for hydroxylation is 2. The summed E-state index contributed by atoms with van der Waals surface area (Å²) < 4.78 is 0. The number of nitrogens with one attached hydrogen (secondary N) is 1. The predicted molar refractivity (Wildman–Crippen MR) is 74.2 cm³/mol. The van der Waals surface area contributed by atoms with Crippen LogP contribution in [0.25, 0.3) is 0 Å². The largest absolute Gasteiger partial charge is 0.310 e. The van der Waals surface area contributed by atoms with Crippen molar-refractivity contribution in [1.29, 1.82) is 0 Å². The Balaban J connectivity index is 2.21. The molecule has 0 amide bonds. The minimum Gasteiger partial charge on any atom is -0.310 e. The van der Waals surface area contributed by atoms with E-state index in [9.17, 15) is 0 Å². The summed E-state index contributed by atoms with van der Waals surface area (Å²) in [6, 6.07) is 7.46. The molecule has 2 atom stereocenters. The Labute approximate surface area is 106 Å². The topological polar surface area (TPSA) is 12.0 Å². The van der Waals surface area contributed by atoms with Crippen LogP contribution < -0.4 is 5.32 Å². The molecular weight excluding hydrogens is 206 g/mol. The minimum atomic E-state index is 0.534. The van der Waals surface area contributed by atoms with Gasteiger partial charge in [0.2, 0.25) is 0 Å². The van der Waals surface area contributed by atoms with Gasteiger partial charge in [0.05, 0.1) is 0 Å². The Morgan fingerprint density at radius 3 is 2.47 bits per heavy atom. The summed E-state index contributed by atoms with van der Waals surface area (Å²) in [6.45, 7) is 10.1. The van der Waals surface area contributed by atoms with Crippen LogP contribution in [0.4, 0.5) is 0 Å². The summed E-state index contributed by atoms with van der Waals surface area (Å²) in [6.07, 6.45) is 2.85. The van der Waals surface area contributed by atoms with E-state index in [1.165, 1.54) is 29.5 Å². The van der Waals surface area contributed by atoms with Gasteiger partial charge in [-0.25, -0.2) is 0 Å². The molecule has 1 heteroatoms. The second kappa shape index (κ2) is 5.22. The highest BCUT2D eigenvalue weighted by Crippen LogP contribution is 2.42. The monoisotopic (exact) mass is 231 g/mol. The van der Waals surface area contributed by atoms with Crippen molar-refractivity contribution in [3.8, 4) is 0 Å². The molecule has 0 aliphatic heterocycles. The lowest BCUT2D eigenvalue weighted by Gasteiger charge is -2.26. The molecule has 17 heavy (non-hydrogen) atoms. The normalized spacial score (nSPS) is 19.1. The fourth-order valence-electron chi connectivity index (χ4n) is 2.68. The second-order valence-corrected chi connectivity index (χ2v) is 5.58. The van der Waals surface area contributed by atoms with Crippen molar-refractivity contribution in [1.82, 2.24) is 5.32 Å². The van der Waals surface area contributed by atoms with Gasteiger partial charge in [-0.1, -0.05) is 32.0 Å².